The molecule has 0 unspecified atom stereocenters. The first-order valence-electron chi connectivity index (χ1n) is 11.8. The van der Waals surface area contributed by atoms with E-state index in [2.05, 4.69) is 32.6 Å². The van der Waals surface area contributed by atoms with Gasteiger partial charge in [0.2, 0.25) is 5.88 Å². The Labute approximate surface area is 201 Å². The van der Waals surface area contributed by atoms with E-state index in [0.29, 0.717) is 37.2 Å². The number of ether oxygens (including phenoxy) is 2. The number of rotatable bonds is 12. The summed E-state index contributed by atoms with van der Waals surface area (Å²) in [5.41, 5.74) is 2.64. The highest BCUT2D eigenvalue weighted by molar-refractivity contribution is 5.65. The highest BCUT2D eigenvalue weighted by atomic mass is 19.1. The molecule has 1 heterocycles. The van der Waals surface area contributed by atoms with Crippen molar-refractivity contribution in [3.05, 3.63) is 66.0 Å². The quantitative estimate of drug-likeness (QED) is 0.392. The van der Waals surface area contributed by atoms with Gasteiger partial charge in [-0.25, -0.2) is 9.07 Å². The molecule has 0 aliphatic carbocycles. The predicted molar refractivity (Wildman–Crippen MR) is 132 cm³/mol. The van der Waals surface area contributed by atoms with Crippen LogP contribution in [0.25, 0.3) is 11.3 Å². The summed E-state index contributed by atoms with van der Waals surface area (Å²) < 4.78 is 27.3. The topological polar surface area (TPSA) is 59.8 Å². The van der Waals surface area contributed by atoms with Gasteiger partial charge in [-0.2, -0.15) is 5.10 Å². The maximum absolute atomic E-state index is 13.8. The van der Waals surface area contributed by atoms with Crippen LogP contribution in [-0.4, -0.2) is 51.7 Å². The second-order valence-corrected chi connectivity index (χ2v) is 9.29. The molecule has 0 saturated carbocycles. The van der Waals surface area contributed by atoms with Crippen LogP contribution in [0.2, 0.25) is 0 Å². The highest BCUT2D eigenvalue weighted by Gasteiger charge is 2.24. The fraction of sp³-hybridized carbons (Fsp3) is 0.444. The standard InChI is InChI=1S/C27H36FN3O3/c1-19(2)17-33-18-23(32)15-31(20(3)4)16-25-26(21-10-7-6-8-11-21)29-30(5)27(25)34-24-13-9-12-22(28)14-24/h6-14,19-20,23,32H,15-18H2,1-5H3/t23-/m0/s1. The van der Waals surface area contributed by atoms with Gasteiger partial charge in [0.05, 0.1) is 18.3 Å². The number of aromatic nitrogens is 2. The summed E-state index contributed by atoms with van der Waals surface area (Å²) in [5.74, 6) is 1.00. The number of halogens is 1. The fourth-order valence-electron chi connectivity index (χ4n) is 3.72. The zero-order chi connectivity index (χ0) is 24.7. The van der Waals surface area contributed by atoms with Crippen LogP contribution >= 0.6 is 0 Å². The van der Waals surface area contributed by atoms with E-state index in [1.54, 1.807) is 16.8 Å². The van der Waals surface area contributed by atoms with Crippen LogP contribution in [-0.2, 0) is 18.3 Å². The smallest absolute Gasteiger partial charge is 0.222 e. The summed E-state index contributed by atoms with van der Waals surface area (Å²) in [5, 5.41) is 15.4. The second-order valence-electron chi connectivity index (χ2n) is 9.29. The third-order valence-electron chi connectivity index (χ3n) is 5.44. The Morgan fingerprint density at radius 2 is 1.76 bits per heavy atom. The lowest BCUT2D eigenvalue weighted by atomic mass is 10.1. The van der Waals surface area contributed by atoms with Crippen LogP contribution in [0.1, 0.15) is 33.3 Å². The van der Waals surface area contributed by atoms with Crippen molar-refractivity contribution in [1.82, 2.24) is 14.7 Å². The molecule has 3 rings (SSSR count). The summed E-state index contributed by atoms with van der Waals surface area (Å²) in [7, 11) is 1.82. The van der Waals surface area contributed by atoms with Gasteiger partial charge < -0.3 is 14.6 Å². The molecule has 0 saturated heterocycles. The highest BCUT2D eigenvalue weighted by Crippen LogP contribution is 2.34. The van der Waals surface area contributed by atoms with Gasteiger partial charge in [0.15, 0.2) is 0 Å². The Morgan fingerprint density at radius 1 is 1.03 bits per heavy atom. The molecule has 3 aromatic rings. The zero-order valence-electron chi connectivity index (χ0n) is 20.7. The predicted octanol–water partition coefficient (Wildman–Crippen LogP) is 5.26. The van der Waals surface area contributed by atoms with E-state index in [9.17, 15) is 9.50 Å². The average Bonchev–Trinajstić information content (AvgIpc) is 3.08. The van der Waals surface area contributed by atoms with Crippen molar-refractivity contribution in [3.63, 3.8) is 0 Å². The lowest BCUT2D eigenvalue weighted by Gasteiger charge is -2.29. The normalized spacial score (nSPS) is 12.6. The fourth-order valence-corrected chi connectivity index (χ4v) is 3.72. The molecule has 1 atom stereocenters. The Kier molecular flexibility index (Phi) is 9.21. The molecule has 184 valence electrons. The van der Waals surface area contributed by atoms with E-state index in [-0.39, 0.29) is 18.5 Å². The molecule has 0 spiro atoms. The first-order chi connectivity index (χ1) is 16.2. The van der Waals surface area contributed by atoms with Gasteiger partial charge in [0.1, 0.15) is 17.3 Å². The molecule has 0 aliphatic heterocycles. The van der Waals surface area contributed by atoms with Crippen molar-refractivity contribution in [1.29, 1.82) is 0 Å². The molecule has 0 bridgehead atoms. The van der Waals surface area contributed by atoms with Crippen molar-refractivity contribution in [2.45, 2.75) is 46.4 Å². The molecule has 1 aromatic heterocycles. The van der Waals surface area contributed by atoms with Crippen molar-refractivity contribution in [3.8, 4) is 22.9 Å². The van der Waals surface area contributed by atoms with Crippen molar-refractivity contribution in [2.75, 3.05) is 19.8 Å². The molecular formula is C27H36FN3O3. The molecule has 0 radical (unpaired) electrons. The lowest BCUT2D eigenvalue weighted by Crippen LogP contribution is -2.39. The van der Waals surface area contributed by atoms with E-state index >= 15 is 0 Å². The monoisotopic (exact) mass is 469 g/mol. The average molecular weight is 470 g/mol. The van der Waals surface area contributed by atoms with Crippen molar-refractivity contribution >= 4 is 0 Å². The van der Waals surface area contributed by atoms with E-state index in [0.717, 1.165) is 16.8 Å². The summed E-state index contributed by atoms with van der Waals surface area (Å²) >= 11 is 0. The summed E-state index contributed by atoms with van der Waals surface area (Å²) in [6.45, 7) is 10.2. The number of hydrogen-bond acceptors (Lipinski definition) is 5. The van der Waals surface area contributed by atoms with Crippen molar-refractivity contribution < 1.29 is 19.0 Å². The zero-order valence-corrected chi connectivity index (χ0v) is 20.7. The van der Waals surface area contributed by atoms with Crippen LogP contribution in [0, 0.1) is 11.7 Å². The van der Waals surface area contributed by atoms with Crippen LogP contribution in [0.15, 0.2) is 54.6 Å². The Balaban J connectivity index is 1.91. The maximum Gasteiger partial charge on any atom is 0.222 e. The number of nitrogens with zero attached hydrogens (tertiary/aromatic N) is 3. The van der Waals surface area contributed by atoms with Crippen LogP contribution < -0.4 is 4.74 Å². The summed E-state index contributed by atoms with van der Waals surface area (Å²) in [6, 6.07) is 16.1. The number of hydrogen-bond donors (Lipinski definition) is 1. The molecule has 0 aliphatic rings. The minimum atomic E-state index is -0.620. The van der Waals surface area contributed by atoms with Gasteiger partial charge in [-0.3, -0.25) is 4.90 Å². The summed E-state index contributed by atoms with van der Waals surface area (Å²) in [6.07, 6.45) is -0.620. The number of aryl methyl sites for hydroxylation is 1. The molecule has 7 heteroatoms. The van der Waals surface area contributed by atoms with E-state index in [1.165, 1.54) is 12.1 Å². The van der Waals surface area contributed by atoms with Gasteiger partial charge in [-0.1, -0.05) is 50.2 Å². The molecule has 0 amide bonds. The van der Waals surface area contributed by atoms with Gasteiger partial charge in [-0.05, 0) is 31.9 Å². The first kappa shape index (κ1) is 25.9. The third-order valence-corrected chi connectivity index (χ3v) is 5.44. The first-order valence-corrected chi connectivity index (χ1v) is 11.8. The van der Waals surface area contributed by atoms with Gasteiger partial charge in [0, 0.05) is 44.4 Å². The molecule has 0 fully saturated rings. The molecule has 1 N–H and O–H groups in total. The van der Waals surface area contributed by atoms with E-state index in [4.69, 9.17) is 14.6 Å². The van der Waals surface area contributed by atoms with E-state index < -0.39 is 6.10 Å². The number of aliphatic hydroxyl groups is 1. The van der Waals surface area contributed by atoms with Gasteiger partial charge in [-0.15, -0.1) is 0 Å². The van der Waals surface area contributed by atoms with Gasteiger partial charge >= 0.3 is 0 Å². The van der Waals surface area contributed by atoms with Crippen molar-refractivity contribution in [2.24, 2.45) is 13.0 Å². The molecule has 34 heavy (non-hydrogen) atoms. The molecule has 2 aromatic carbocycles. The van der Waals surface area contributed by atoms with E-state index in [1.807, 2.05) is 37.4 Å². The van der Waals surface area contributed by atoms with Crippen LogP contribution in [0.4, 0.5) is 4.39 Å². The Hall–Kier alpha value is -2.74. The minimum Gasteiger partial charge on any atom is -0.439 e. The number of benzene rings is 2. The SMILES string of the molecule is CC(C)COC[C@@H](O)CN(Cc1c(-c2ccccc2)nn(C)c1Oc1cccc(F)c1)C(C)C. The van der Waals surface area contributed by atoms with Gasteiger partial charge in [0.25, 0.3) is 0 Å². The Bertz CT molecular complexity index is 1040. The second kappa shape index (κ2) is 12.1. The number of aliphatic hydroxyl groups excluding tert-OH is 1. The minimum absolute atomic E-state index is 0.158. The Morgan fingerprint density at radius 3 is 2.41 bits per heavy atom. The maximum atomic E-state index is 13.8. The molecule has 6 nitrogen and oxygen atoms in total. The lowest BCUT2D eigenvalue weighted by molar-refractivity contribution is 0.00166. The third kappa shape index (κ3) is 7.13. The van der Waals surface area contributed by atoms with Crippen LogP contribution in [0.3, 0.4) is 0 Å². The summed E-state index contributed by atoms with van der Waals surface area (Å²) in [4.78, 5) is 2.17. The van der Waals surface area contributed by atoms with Crippen LogP contribution in [0.5, 0.6) is 11.6 Å². The largest absolute Gasteiger partial charge is 0.439 e. The molecular weight excluding hydrogens is 433 g/mol.